The van der Waals surface area contributed by atoms with Gasteiger partial charge in [-0.25, -0.2) is 4.79 Å². The Morgan fingerprint density at radius 3 is 2.18 bits per heavy atom. The van der Waals surface area contributed by atoms with Gasteiger partial charge in [-0.15, -0.1) is 0 Å². The molecule has 0 aliphatic rings. The summed E-state index contributed by atoms with van der Waals surface area (Å²) in [6.07, 6.45) is 6.77. The summed E-state index contributed by atoms with van der Waals surface area (Å²) in [5.41, 5.74) is 7.37. The van der Waals surface area contributed by atoms with Crippen LogP contribution in [0.2, 0.25) is 0 Å². The van der Waals surface area contributed by atoms with Crippen molar-refractivity contribution in [3.05, 3.63) is 59.7 Å². The number of aliphatic hydroxyl groups is 2. The van der Waals surface area contributed by atoms with Crippen LogP contribution in [0.3, 0.4) is 0 Å². The number of carbonyl (C=O) groups excluding carboxylic acids is 2. The van der Waals surface area contributed by atoms with Gasteiger partial charge in [0.15, 0.2) is 5.78 Å². The molecule has 0 heterocycles. The minimum absolute atomic E-state index is 0.00851. The highest BCUT2D eigenvalue weighted by Crippen LogP contribution is 2.30. The molecular formula is C32H51NO5. The van der Waals surface area contributed by atoms with Crippen molar-refractivity contribution in [1.29, 1.82) is 0 Å². The molecule has 0 spiro atoms. The summed E-state index contributed by atoms with van der Waals surface area (Å²) in [5.74, 6) is -0.544. The van der Waals surface area contributed by atoms with Crippen molar-refractivity contribution < 1.29 is 24.5 Å². The maximum absolute atomic E-state index is 12.3. The zero-order valence-electron chi connectivity index (χ0n) is 24.5. The lowest BCUT2D eigenvalue weighted by atomic mass is 9.80. The van der Waals surface area contributed by atoms with Gasteiger partial charge in [0.25, 0.3) is 0 Å². The summed E-state index contributed by atoms with van der Waals surface area (Å²) in [4.78, 5) is 23.8. The third-order valence-electron chi connectivity index (χ3n) is 7.54. The van der Waals surface area contributed by atoms with E-state index in [1.165, 1.54) is 0 Å². The van der Waals surface area contributed by atoms with E-state index in [9.17, 15) is 19.8 Å². The molecule has 0 saturated carbocycles. The fraction of sp³-hybridized carbons (Fsp3) is 0.625. The number of aliphatic hydroxyl groups excluding tert-OH is 2. The monoisotopic (exact) mass is 529 g/mol. The Balaban J connectivity index is 2.72. The van der Waals surface area contributed by atoms with Gasteiger partial charge < -0.3 is 20.7 Å². The van der Waals surface area contributed by atoms with E-state index in [4.69, 9.17) is 10.5 Å². The SMILES string of the molecule is CCCCC(C)C(OC(N)=O)C(C)C(O)C(C)C/C(C)=C\C(C)C(O)C(C)/C=C\C(=O)Cc1ccccc1. The lowest BCUT2D eigenvalue weighted by Gasteiger charge is -2.34. The molecule has 4 N–H and O–H groups in total. The second-order valence-electron chi connectivity index (χ2n) is 11.3. The van der Waals surface area contributed by atoms with Crippen molar-refractivity contribution >= 4 is 11.9 Å². The second kappa shape index (κ2) is 17.2. The first-order valence-corrected chi connectivity index (χ1v) is 14.1. The summed E-state index contributed by atoms with van der Waals surface area (Å²) < 4.78 is 5.44. The minimum Gasteiger partial charge on any atom is -0.446 e. The summed E-state index contributed by atoms with van der Waals surface area (Å²) in [7, 11) is 0. The van der Waals surface area contributed by atoms with Crippen LogP contribution in [0.5, 0.6) is 0 Å². The molecule has 0 bridgehead atoms. The lowest BCUT2D eigenvalue weighted by molar-refractivity contribution is -0.114. The van der Waals surface area contributed by atoms with Crippen molar-refractivity contribution in [3.8, 4) is 0 Å². The summed E-state index contributed by atoms with van der Waals surface area (Å²) >= 11 is 0. The Morgan fingerprint density at radius 2 is 1.61 bits per heavy atom. The van der Waals surface area contributed by atoms with E-state index in [2.05, 4.69) is 6.92 Å². The molecule has 1 aromatic rings. The fourth-order valence-corrected chi connectivity index (χ4v) is 5.23. The van der Waals surface area contributed by atoms with E-state index in [-0.39, 0.29) is 35.4 Å². The largest absolute Gasteiger partial charge is 0.446 e. The van der Waals surface area contributed by atoms with Crippen LogP contribution >= 0.6 is 0 Å². The second-order valence-corrected chi connectivity index (χ2v) is 11.3. The molecule has 0 radical (unpaired) electrons. The van der Waals surface area contributed by atoms with Crippen molar-refractivity contribution in [3.63, 3.8) is 0 Å². The average molecular weight is 530 g/mol. The fourth-order valence-electron chi connectivity index (χ4n) is 5.23. The van der Waals surface area contributed by atoms with E-state index >= 15 is 0 Å². The van der Waals surface area contributed by atoms with Crippen LogP contribution in [0.4, 0.5) is 4.79 Å². The van der Waals surface area contributed by atoms with Crippen molar-refractivity contribution in [2.45, 2.75) is 98.9 Å². The van der Waals surface area contributed by atoms with E-state index in [1.807, 2.05) is 78.0 Å². The van der Waals surface area contributed by atoms with Gasteiger partial charge in [0.1, 0.15) is 6.10 Å². The number of ether oxygens (including phenoxy) is 1. The summed E-state index contributed by atoms with van der Waals surface area (Å²) in [6, 6.07) is 9.60. The van der Waals surface area contributed by atoms with Crippen LogP contribution in [0.25, 0.3) is 0 Å². The molecule has 8 unspecified atom stereocenters. The van der Waals surface area contributed by atoms with E-state index in [0.29, 0.717) is 12.8 Å². The number of rotatable bonds is 17. The molecule has 214 valence electrons. The maximum Gasteiger partial charge on any atom is 0.404 e. The van der Waals surface area contributed by atoms with Gasteiger partial charge in [0.2, 0.25) is 0 Å². The normalized spacial score (nSPS) is 18.7. The van der Waals surface area contributed by atoms with Crippen molar-refractivity contribution in [2.75, 3.05) is 0 Å². The molecule has 6 heteroatoms. The van der Waals surface area contributed by atoms with Crippen LogP contribution in [0, 0.1) is 29.6 Å². The van der Waals surface area contributed by atoms with Gasteiger partial charge in [-0.05, 0) is 43.2 Å². The van der Waals surface area contributed by atoms with Gasteiger partial charge in [0.05, 0.1) is 12.2 Å². The van der Waals surface area contributed by atoms with Crippen LogP contribution in [0.1, 0.15) is 79.7 Å². The molecule has 8 atom stereocenters. The Hall–Kier alpha value is -2.44. The predicted octanol–water partition coefficient (Wildman–Crippen LogP) is 6.25. The summed E-state index contributed by atoms with van der Waals surface area (Å²) in [6.45, 7) is 13.9. The average Bonchev–Trinajstić information content (AvgIpc) is 2.87. The van der Waals surface area contributed by atoms with Gasteiger partial charge in [-0.3, -0.25) is 4.79 Å². The van der Waals surface area contributed by atoms with Crippen LogP contribution < -0.4 is 5.73 Å². The molecule has 0 aliphatic carbocycles. The molecule has 38 heavy (non-hydrogen) atoms. The first kappa shape index (κ1) is 33.6. The minimum atomic E-state index is -0.811. The van der Waals surface area contributed by atoms with E-state index in [0.717, 1.165) is 30.4 Å². The highest BCUT2D eigenvalue weighted by atomic mass is 16.6. The first-order chi connectivity index (χ1) is 17.9. The zero-order chi connectivity index (χ0) is 28.8. The van der Waals surface area contributed by atoms with Gasteiger partial charge >= 0.3 is 6.09 Å². The van der Waals surface area contributed by atoms with Gasteiger partial charge in [-0.2, -0.15) is 0 Å². The lowest BCUT2D eigenvalue weighted by Crippen LogP contribution is -2.41. The Kier molecular flexibility index (Phi) is 15.2. The highest BCUT2D eigenvalue weighted by molar-refractivity contribution is 5.91. The molecule has 0 saturated heterocycles. The molecular weight excluding hydrogens is 478 g/mol. The molecule has 0 aliphatic heterocycles. The molecule has 6 nitrogen and oxygen atoms in total. The third-order valence-corrected chi connectivity index (χ3v) is 7.54. The van der Waals surface area contributed by atoms with E-state index < -0.39 is 24.4 Å². The number of benzene rings is 1. The van der Waals surface area contributed by atoms with Gasteiger partial charge in [0, 0.05) is 24.2 Å². The number of unbranched alkanes of at least 4 members (excludes halogenated alkanes) is 1. The number of hydrogen-bond donors (Lipinski definition) is 3. The molecule has 1 rings (SSSR count). The smallest absolute Gasteiger partial charge is 0.404 e. The van der Waals surface area contributed by atoms with Crippen LogP contribution in [0.15, 0.2) is 54.1 Å². The number of amides is 1. The van der Waals surface area contributed by atoms with E-state index in [1.54, 1.807) is 12.2 Å². The molecule has 1 aromatic carbocycles. The Morgan fingerprint density at radius 1 is 0.974 bits per heavy atom. The topological polar surface area (TPSA) is 110 Å². The van der Waals surface area contributed by atoms with Crippen LogP contribution in [-0.4, -0.2) is 40.4 Å². The van der Waals surface area contributed by atoms with Crippen molar-refractivity contribution in [1.82, 2.24) is 0 Å². The standard InChI is InChI=1S/C32H51NO5/c1-8-9-13-23(4)31(38-32(33)37)26(7)30(36)25(6)19-21(2)18-24(5)29(35)22(3)16-17-28(34)20-27-14-11-10-12-15-27/h10-12,14-18,22-26,29-31,35-36H,8-9,13,19-20H2,1-7H3,(H2,33,37)/b17-16-,21-18-. The van der Waals surface area contributed by atoms with Crippen LogP contribution in [-0.2, 0) is 16.0 Å². The predicted molar refractivity (Wildman–Crippen MR) is 154 cm³/mol. The number of ketones is 1. The first-order valence-electron chi connectivity index (χ1n) is 14.1. The van der Waals surface area contributed by atoms with Crippen molar-refractivity contribution in [2.24, 2.45) is 35.3 Å². The summed E-state index contributed by atoms with van der Waals surface area (Å²) in [5, 5.41) is 21.9. The Labute approximate surface area is 230 Å². The number of nitrogens with two attached hydrogens (primary N) is 1. The van der Waals surface area contributed by atoms with Gasteiger partial charge in [-0.1, -0.05) is 102 Å². The third kappa shape index (κ3) is 12.0. The highest BCUT2D eigenvalue weighted by Gasteiger charge is 2.34. The quantitative estimate of drug-likeness (QED) is 0.163. The number of primary amides is 1. The Bertz CT molecular complexity index is 896. The molecule has 0 aromatic heterocycles. The zero-order valence-corrected chi connectivity index (χ0v) is 24.5. The maximum atomic E-state index is 12.3. The number of allylic oxidation sites excluding steroid dienone is 2. The molecule has 1 amide bonds. The number of hydrogen-bond acceptors (Lipinski definition) is 5. The molecule has 0 fully saturated rings. The number of carbonyl (C=O) groups is 2.